The Hall–Kier alpha value is -1.76. The summed E-state index contributed by atoms with van der Waals surface area (Å²) in [5.41, 5.74) is 7.93. The van der Waals surface area contributed by atoms with Crippen molar-refractivity contribution >= 4 is 62.8 Å². The molecule has 162 valence electrons. The number of halogens is 3. The molecule has 0 saturated carbocycles. The van der Waals surface area contributed by atoms with Gasteiger partial charge in [0.05, 0.1) is 12.2 Å². The molecule has 3 rings (SSSR count). The van der Waals surface area contributed by atoms with Gasteiger partial charge in [-0.05, 0) is 105 Å². The molecule has 6 nitrogen and oxygen atoms in total. The first-order chi connectivity index (χ1) is 14.6. The van der Waals surface area contributed by atoms with E-state index in [9.17, 15) is 15.0 Å². The Kier molecular flexibility index (Phi) is 7.89. The standard InChI is InChI=1S/C22H18ClI2NO5/c23-15-6-11(1-3-20(15)28)5-13-10-14(2-4-19(13)27)31-21-16(24)7-12(8-17(21)25)9-18(26)22(29)30/h1-4,6-8,10,18,27-28H,5,9,26H2,(H,29,30)/t18-/m1/s1. The van der Waals surface area contributed by atoms with Gasteiger partial charge in [-0.25, -0.2) is 0 Å². The second-order valence-corrected chi connectivity index (χ2v) is 9.62. The van der Waals surface area contributed by atoms with Crippen molar-refractivity contribution in [3.8, 4) is 23.0 Å². The molecule has 0 aliphatic carbocycles. The van der Waals surface area contributed by atoms with Gasteiger partial charge in [0.1, 0.15) is 23.3 Å². The molecule has 0 bridgehead atoms. The highest BCUT2D eigenvalue weighted by Crippen LogP contribution is 2.35. The van der Waals surface area contributed by atoms with E-state index >= 15 is 0 Å². The smallest absolute Gasteiger partial charge is 0.320 e. The number of hydrogen-bond donors (Lipinski definition) is 4. The Morgan fingerprint density at radius 1 is 1.00 bits per heavy atom. The van der Waals surface area contributed by atoms with Gasteiger partial charge in [-0.3, -0.25) is 4.79 Å². The molecule has 0 amide bonds. The van der Waals surface area contributed by atoms with E-state index in [1.807, 2.05) is 12.1 Å². The van der Waals surface area contributed by atoms with Crippen LogP contribution in [-0.4, -0.2) is 27.3 Å². The van der Waals surface area contributed by atoms with Crippen molar-refractivity contribution in [2.45, 2.75) is 18.9 Å². The van der Waals surface area contributed by atoms with Gasteiger partial charge in [-0.2, -0.15) is 0 Å². The van der Waals surface area contributed by atoms with Crippen LogP contribution in [0.15, 0.2) is 48.5 Å². The van der Waals surface area contributed by atoms with Gasteiger partial charge in [0, 0.05) is 12.0 Å². The molecule has 0 unspecified atom stereocenters. The normalized spacial score (nSPS) is 11.9. The zero-order chi connectivity index (χ0) is 22.7. The predicted molar refractivity (Wildman–Crippen MR) is 135 cm³/mol. The number of benzene rings is 3. The van der Waals surface area contributed by atoms with Crippen molar-refractivity contribution in [3.63, 3.8) is 0 Å². The van der Waals surface area contributed by atoms with Crippen molar-refractivity contribution in [3.05, 3.63) is 77.4 Å². The zero-order valence-electron chi connectivity index (χ0n) is 16.0. The minimum absolute atomic E-state index is 0.00336. The largest absolute Gasteiger partial charge is 0.508 e. The third kappa shape index (κ3) is 6.15. The van der Waals surface area contributed by atoms with E-state index in [1.54, 1.807) is 30.3 Å². The number of carboxylic acid groups (broad SMARTS) is 1. The van der Waals surface area contributed by atoms with Crippen LogP contribution >= 0.6 is 56.8 Å². The van der Waals surface area contributed by atoms with Crippen LogP contribution in [0.5, 0.6) is 23.0 Å². The Labute approximate surface area is 211 Å². The van der Waals surface area contributed by atoms with Crippen molar-refractivity contribution in [1.29, 1.82) is 0 Å². The fraction of sp³-hybridized carbons (Fsp3) is 0.136. The molecule has 9 heteroatoms. The summed E-state index contributed by atoms with van der Waals surface area (Å²) < 4.78 is 7.72. The quantitative estimate of drug-likeness (QED) is 0.255. The van der Waals surface area contributed by atoms with Crippen LogP contribution in [0.1, 0.15) is 16.7 Å². The van der Waals surface area contributed by atoms with Crippen molar-refractivity contribution in [1.82, 2.24) is 0 Å². The Morgan fingerprint density at radius 2 is 1.65 bits per heavy atom. The van der Waals surface area contributed by atoms with Crippen molar-refractivity contribution in [2.24, 2.45) is 5.73 Å². The Balaban J connectivity index is 1.83. The van der Waals surface area contributed by atoms with Crippen LogP contribution in [0.25, 0.3) is 0 Å². The summed E-state index contributed by atoms with van der Waals surface area (Å²) in [4.78, 5) is 11.0. The monoisotopic (exact) mass is 665 g/mol. The SMILES string of the molecule is N[C@H](Cc1cc(I)c(Oc2ccc(O)c(Cc3ccc(O)c(Cl)c3)c2)c(I)c1)C(=O)O. The Morgan fingerprint density at radius 3 is 2.26 bits per heavy atom. The molecule has 3 aromatic carbocycles. The minimum Gasteiger partial charge on any atom is -0.508 e. The molecule has 0 aliphatic heterocycles. The van der Waals surface area contributed by atoms with E-state index in [0.29, 0.717) is 23.5 Å². The molecule has 0 spiro atoms. The summed E-state index contributed by atoms with van der Waals surface area (Å²) in [7, 11) is 0. The number of phenolic OH excluding ortho intramolecular Hbond substituents is 2. The number of nitrogens with two attached hydrogens (primary N) is 1. The van der Waals surface area contributed by atoms with Gasteiger partial charge < -0.3 is 25.8 Å². The zero-order valence-corrected chi connectivity index (χ0v) is 21.1. The molecule has 0 saturated heterocycles. The van der Waals surface area contributed by atoms with Crippen molar-refractivity contribution in [2.75, 3.05) is 0 Å². The highest BCUT2D eigenvalue weighted by Gasteiger charge is 2.16. The van der Waals surface area contributed by atoms with Crippen LogP contribution in [0, 0.1) is 7.14 Å². The highest BCUT2D eigenvalue weighted by atomic mass is 127. The molecule has 1 atom stereocenters. The summed E-state index contributed by atoms with van der Waals surface area (Å²) in [5, 5.41) is 29.1. The lowest BCUT2D eigenvalue weighted by Crippen LogP contribution is -2.32. The summed E-state index contributed by atoms with van der Waals surface area (Å²) in [5.74, 6) is 0.265. The van der Waals surface area contributed by atoms with Crippen molar-refractivity contribution < 1.29 is 24.9 Å². The Bertz CT molecular complexity index is 1120. The molecule has 0 heterocycles. The van der Waals surface area contributed by atoms with Gasteiger partial charge >= 0.3 is 5.97 Å². The fourth-order valence-corrected chi connectivity index (χ4v) is 5.25. The maximum atomic E-state index is 11.0. The number of rotatable bonds is 7. The molecule has 0 radical (unpaired) electrons. The van der Waals surface area contributed by atoms with E-state index < -0.39 is 12.0 Å². The van der Waals surface area contributed by atoms with Gasteiger partial charge in [-0.15, -0.1) is 0 Å². The molecule has 0 aliphatic rings. The third-order valence-corrected chi connectivity index (χ3v) is 6.41. The van der Waals surface area contributed by atoms with Gasteiger partial charge in [0.2, 0.25) is 0 Å². The molecule has 3 aromatic rings. The fourth-order valence-electron chi connectivity index (χ4n) is 2.93. The van der Waals surface area contributed by atoms with Crippen LogP contribution in [-0.2, 0) is 17.6 Å². The van der Waals surface area contributed by atoms with E-state index in [4.69, 9.17) is 27.2 Å². The van der Waals surface area contributed by atoms with E-state index in [1.165, 1.54) is 6.07 Å². The summed E-state index contributed by atoms with van der Waals surface area (Å²) >= 11 is 10.3. The lowest BCUT2D eigenvalue weighted by atomic mass is 10.0. The molecule has 0 fully saturated rings. The number of aromatic hydroxyl groups is 2. The average Bonchev–Trinajstić information content (AvgIpc) is 2.70. The minimum atomic E-state index is -1.04. The lowest BCUT2D eigenvalue weighted by Gasteiger charge is -2.14. The first-order valence-electron chi connectivity index (χ1n) is 9.07. The van der Waals surface area contributed by atoms with E-state index in [0.717, 1.165) is 18.3 Å². The van der Waals surface area contributed by atoms with E-state index in [2.05, 4.69) is 45.2 Å². The number of hydrogen-bond acceptors (Lipinski definition) is 5. The van der Waals surface area contributed by atoms with Gasteiger partial charge in [0.15, 0.2) is 5.75 Å². The molecule has 5 N–H and O–H groups in total. The lowest BCUT2D eigenvalue weighted by molar-refractivity contribution is -0.138. The van der Waals surface area contributed by atoms with Crippen LogP contribution in [0.3, 0.4) is 0 Å². The van der Waals surface area contributed by atoms with Crippen LogP contribution in [0.4, 0.5) is 0 Å². The highest BCUT2D eigenvalue weighted by molar-refractivity contribution is 14.1. The molecular weight excluding hydrogens is 648 g/mol. The number of carbonyl (C=O) groups is 1. The first kappa shape index (κ1) is 23.9. The second-order valence-electron chi connectivity index (χ2n) is 6.89. The summed E-state index contributed by atoms with van der Waals surface area (Å²) in [6, 6.07) is 12.6. The predicted octanol–water partition coefficient (Wildman–Crippen LogP) is 5.30. The molecule has 0 aromatic heterocycles. The number of ether oxygens (including phenoxy) is 1. The average molecular weight is 666 g/mol. The van der Waals surface area contributed by atoms with Gasteiger partial charge in [-0.1, -0.05) is 17.7 Å². The van der Waals surface area contributed by atoms with Crippen LogP contribution < -0.4 is 10.5 Å². The topological polar surface area (TPSA) is 113 Å². The van der Waals surface area contributed by atoms with E-state index in [-0.39, 0.29) is 22.9 Å². The second kappa shape index (κ2) is 10.2. The van der Waals surface area contributed by atoms with Gasteiger partial charge in [0.25, 0.3) is 0 Å². The maximum Gasteiger partial charge on any atom is 0.320 e. The number of aliphatic carboxylic acids is 1. The first-order valence-corrected chi connectivity index (χ1v) is 11.6. The number of phenols is 2. The number of carboxylic acids is 1. The maximum absolute atomic E-state index is 11.0. The summed E-state index contributed by atoms with van der Waals surface area (Å²) in [6.07, 6.45) is 0.628. The van der Waals surface area contributed by atoms with Crippen LogP contribution in [0.2, 0.25) is 5.02 Å². The molecular formula is C22H18ClI2NO5. The third-order valence-electron chi connectivity index (χ3n) is 4.51. The molecule has 31 heavy (non-hydrogen) atoms. The summed E-state index contributed by atoms with van der Waals surface area (Å²) in [6.45, 7) is 0.